The standard InChI is InChI=1S/C129H160F2N2O4/c1-76-49-95(130)70-104(102-66-93(128(36,37)74-117(3,4)5)68-111(113(102)134)132-107-46-43-78(81-51-85(119(9,10)11)62-86(52-81)120(12,13)14)59-100(107)101-72-99(106(73-110(101)132)127(33,34)35)84-57-91(125(27,28)29)65-92(58-84)126(30,31)32)115(76)136-47-40-48-137-116-77(2)50-96(131)71-105(116)103-67-94(129(38,39)75-118(6,7)8)69-112(114(103)135)133-108-60-79(82-53-87(121(15,16)17)63-88(54-82)122(18,19)20)41-44-97(108)98-45-42-80(61-109(98)133)83-55-89(123(21,22)23)64-90(56-83)124(24,25)26/h41-46,49-73,134-135H,40,47-48,74-75H2,1-39H3. The van der Waals surface area contributed by atoms with Gasteiger partial charge in [0.2, 0.25) is 0 Å². The average molecular weight is 1840 g/mol. The Balaban J connectivity index is 0.922. The van der Waals surface area contributed by atoms with Crippen LogP contribution >= 0.6 is 0 Å². The number of halogens is 2. The summed E-state index contributed by atoms with van der Waals surface area (Å²) in [5.41, 5.74) is 27.1. The van der Waals surface area contributed by atoms with Crippen molar-refractivity contribution in [3.05, 3.63) is 272 Å². The van der Waals surface area contributed by atoms with Crippen molar-refractivity contribution in [2.75, 3.05) is 13.2 Å². The lowest BCUT2D eigenvalue weighted by Crippen LogP contribution is -2.25. The number of nitrogens with zero attached hydrogens (tertiary/aromatic N) is 2. The number of rotatable bonds is 18. The highest BCUT2D eigenvalue weighted by Gasteiger charge is 2.37. The van der Waals surface area contributed by atoms with Crippen LogP contribution in [-0.4, -0.2) is 32.6 Å². The molecule has 0 aliphatic carbocycles. The summed E-state index contributed by atoms with van der Waals surface area (Å²) in [5.74, 6) is -0.102. The number of aromatic hydroxyl groups is 2. The van der Waals surface area contributed by atoms with Gasteiger partial charge in [0.25, 0.3) is 0 Å². The number of hydrogen-bond donors (Lipinski definition) is 2. The van der Waals surface area contributed by atoms with Crippen LogP contribution in [-0.2, 0) is 59.6 Å². The zero-order chi connectivity index (χ0) is 101. The molecule has 724 valence electrons. The van der Waals surface area contributed by atoms with Crippen LogP contribution in [0.25, 0.3) is 122 Å². The van der Waals surface area contributed by atoms with Gasteiger partial charge in [0, 0.05) is 50.2 Å². The van der Waals surface area contributed by atoms with Crippen molar-refractivity contribution in [1.29, 1.82) is 0 Å². The van der Waals surface area contributed by atoms with E-state index in [1.54, 1.807) is 0 Å². The maximum atomic E-state index is 17.1. The van der Waals surface area contributed by atoms with Gasteiger partial charge in [0.05, 0.1) is 46.7 Å². The van der Waals surface area contributed by atoms with Gasteiger partial charge in [0.15, 0.2) is 0 Å². The minimum absolute atomic E-state index is 0.0134. The van der Waals surface area contributed by atoms with Gasteiger partial charge in [-0.1, -0.05) is 359 Å². The molecule has 0 amide bonds. The molecule has 0 saturated carbocycles. The summed E-state index contributed by atoms with van der Waals surface area (Å²) < 4.78 is 52.9. The Morgan fingerprint density at radius 1 is 0.248 bits per heavy atom. The summed E-state index contributed by atoms with van der Waals surface area (Å²) in [7, 11) is 0. The molecule has 6 nitrogen and oxygen atoms in total. The predicted molar refractivity (Wildman–Crippen MR) is 585 cm³/mol. The maximum Gasteiger partial charge on any atom is 0.147 e. The van der Waals surface area contributed by atoms with E-state index in [2.05, 4.69) is 429 Å². The third-order valence-corrected chi connectivity index (χ3v) is 28.5. The fourth-order valence-corrected chi connectivity index (χ4v) is 20.9. The first-order valence-corrected chi connectivity index (χ1v) is 50.2. The number of aromatic nitrogens is 2. The van der Waals surface area contributed by atoms with Gasteiger partial charge in [-0.05, 0) is 299 Å². The monoisotopic (exact) mass is 1840 g/mol. The first kappa shape index (κ1) is 102. The Morgan fingerprint density at radius 2 is 0.540 bits per heavy atom. The van der Waals surface area contributed by atoms with E-state index >= 15 is 8.78 Å². The van der Waals surface area contributed by atoms with Gasteiger partial charge >= 0.3 is 0 Å². The van der Waals surface area contributed by atoms with Crippen LogP contribution in [0.5, 0.6) is 23.0 Å². The molecule has 0 fully saturated rings. The van der Waals surface area contributed by atoms with Gasteiger partial charge in [-0.25, -0.2) is 8.78 Å². The molecule has 0 atom stereocenters. The molecule has 0 aliphatic rings. The molecule has 2 aromatic heterocycles. The van der Waals surface area contributed by atoms with E-state index in [1.807, 2.05) is 13.8 Å². The summed E-state index contributed by atoms with van der Waals surface area (Å²) in [6, 6.07) is 68.4. The highest BCUT2D eigenvalue weighted by molar-refractivity contribution is 6.14. The Morgan fingerprint density at radius 3 is 0.854 bits per heavy atom. The van der Waals surface area contributed by atoms with Crippen LogP contribution in [0.3, 0.4) is 0 Å². The molecule has 2 N–H and O–H groups in total. The number of benzene rings is 12. The highest BCUT2D eigenvalue weighted by atomic mass is 19.1. The van der Waals surface area contributed by atoms with Crippen molar-refractivity contribution in [2.24, 2.45) is 10.8 Å². The lowest BCUT2D eigenvalue weighted by Gasteiger charge is -2.34. The van der Waals surface area contributed by atoms with Crippen LogP contribution in [0.1, 0.15) is 348 Å². The molecule has 137 heavy (non-hydrogen) atoms. The topological polar surface area (TPSA) is 68.8 Å². The van der Waals surface area contributed by atoms with Gasteiger partial charge in [-0.2, -0.15) is 0 Å². The third-order valence-electron chi connectivity index (χ3n) is 28.5. The second-order valence-electron chi connectivity index (χ2n) is 53.5. The Hall–Kier alpha value is -10.7. The first-order chi connectivity index (χ1) is 62.7. The molecule has 2 heterocycles. The molecule has 8 heteroatoms. The smallest absolute Gasteiger partial charge is 0.147 e. The molecule has 14 rings (SSSR count). The van der Waals surface area contributed by atoms with Crippen LogP contribution < -0.4 is 9.47 Å². The van der Waals surface area contributed by atoms with E-state index < -0.39 is 22.5 Å². The zero-order valence-electron chi connectivity index (χ0n) is 90.8. The predicted octanol–water partition coefficient (Wildman–Crippen LogP) is 37.1. The lowest BCUT2D eigenvalue weighted by atomic mass is 9.71. The highest BCUT2D eigenvalue weighted by Crippen LogP contribution is 2.55. The third kappa shape index (κ3) is 21.4. The van der Waals surface area contributed by atoms with E-state index in [9.17, 15) is 10.2 Å². The second kappa shape index (κ2) is 35.3. The molecule has 0 unspecified atom stereocenters. The molecule has 0 bridgehead atoms. The number of ether oxygens (including phenoxy) is 2. The van der Waals surface area contributed by atoms with E-state index in [0.29, 0.717) is 62.7 Å². The zero-order valence-corrected chi connectivity index (χ0v) is 90.8. The number of phenols is 2. The van der Waals surface area contributed by atoms with Crippen LogP contribution in [0, 0.1) is 36.3 Å². The number of fused-ring (bicyclic) bond motifs is 6. The molecular formula is C129H160F2N2O4. The minimum Gasteiger partial charge on any atom is -0.505 e. The maximum absolute atomic E-state index is 17.1. The summed E-state index contributed by atoms with van der Waals surface area (Å²) in [6.07, 6.45) is 1.92. The van der Waals surface area contributed by atoms with E-state index in [-0.39, 0.29) is 84.3 Å². The fraction of sp³-hybridized carbons (Fsp3) is 0.442. The normalized spacial score (nSPS) is 13.5. The summed E-state index contributed by atoms with van der Waals surface area (Å²) in [4.78, 5) is 0. The molecule has 0 radical (unpaired) electrons. The van der Waals surface area contributed by atoms with E-state index in [1.165, 1.54) is 79.9 Å². The Kier molecular flexibility index (Phi) is 26.3. The molecular weight excluding hydrogens is 1680 g/mol. The van der Waals surface area contributed by atoms with Gasteiger partial charge in [-0.15, -0.1) is 0 Å². The summed E-state index contributed by atoms with van der Waals surface area (Å²) in [6.45, 7) is 88.6. The van der Waals surface area contributed by atoms with Crippen molar-refractivity contribution >= 4 is 43.6 Å². The average Bonchev–Trinajstić information content (AvgIpc) is 1.57. The van der Waals surface area contributed by atoms with Gasteiger partial charge in [0.1, 0.15) is 34.6 Å². The molecule has 14 aromatic rings. The quantitative estimate of drug-likeness (QED) is 0.0840. The number of aryl methyl sites for hydroxylation is 2. The molecule has 0 saturated heterocycles. The van der Waals surface area contributed by atoms with Crippen LogP contribution in [0.15, 0.2) is 188 Å². The largest absolute Gasteiger partial charge is 0.505 e. The Bertz CT molecular complexity index is 6780. The van der Waals surface area contributed by atoms with Crippen molar-refractivity contribution in [2.45, 2.75) is 349 Å². The molecule has 12 aromatic carbocycles. The minimum atomic E-state index is -0.483. The van der Waals surface area contributed by atoms with E-state index in [0.717, 1.165) is 107 Å². The van der Waals surface area contributed by atoms with Crippen molar-refractivity contribution in [1.82, 2.24) is 9.13 Å². The summed E-state index contributed by atoms with van der Waals surface area (Å²) in [5, 5.41) is 32.2. The van der Waals surface area contributed by atoms with Gasteiger partial charge < -0.3 is 28.8 Å². The van der Waals surface area contributed by atoms with Gasteiger partial charge in [-0.3, -0.25) is 0 Å². The van der Waals surface area contributed by atoms with Crippen molar-refractivity contribution in [3.8, 4) is 101 Å². The second-order valence-corrected chi connectivity index (χ2v) is 53.5. The van der Waals surface area contributed by atoms with E-state index in [4.69, 9.17) is 9.47 Å². The molecule has 0 spiro atoms. The first-order valence-electron chi connectivity index (χ1n) is 50.2. The fourth-order valence-electron chi connectivity index (χ4n) is 20.9. The van der Waals surface area contributed by atoms with Crippen LogP contribution in [0.2, 0.25) is 0 Å². The van der Waals surface area contributed by atoms with Crippen molar-refractivity contribution in [3.63, 3.8) is 0 Å². The van der Waals surface area contributed by atoms with Crippen LogP contribution in [0.4, 0.5) is 8.78 Å². The lowest BCUT2D eigenvalue weighted by molar-refractivity contribution is 0.246. The Labute approximate surface area is 821 Å². The summed E-state index contributed by atoms with van der Waals surface area (Å²) >= 11 is 0. The SMILES string of the molecule is Cc1cc(F)cc(-c2cc(C(C)(C)CC(C)(C)C)cc(-n3c4cc(-c5cc(C(C)(C)C)cc(C(C)(C)C)c5)ccc4c4ccc(-c5cc(C(C)(C)C)cc(C(C)(C)C)c5)cc43)c2O)c1OCCCOc1c(C)cc(F)cc1-c1cc(C(C)(C)CC(C)(C)C)cc(-n2c3ccc(-c4cc(C(C)(C)C)cc(C(C)(C)C)c4)cc3c3cc(-c4cc(C(C)(C)C)cc(C(C)(C)C)c4)c(C(C)(C)C)cc32)c1O. The number of phenolic OH excluding ortho intramolecular Hbond substituents is 2. The number of hydrogen-bond acceptors (Lipinski definition) is 4. The molecule has 0 aliphatic heterocycles. The van der Waals surface area contributed by atoms with Crippen molar-refractivity contribution < 1.29 is 28.5 Å².